The molecule has 1 aliphatic carbocycles. The Balaban J connectivity index is 2.55. The molecule has 0 heterocycles. The quantitative estimate of drug-likeness (QED) is 0.306. The van der Waals surface area contributed by atoms with Crippen LogP contribution in [0.2, 0.25) is 0 Å². The summed E-state index contributed by atoms with van der Waals surface area (Å²) in [6, 6.07) is 2.04. The molecule has 0 atom stereocenters. The van der Waals surface area contributed by atoms with E-state index in [1.165, 1.54) is 12.8 Å². The molecular formula is C12H16N2O. The van der Waals surface area contributed by atoms with Gasteiger partial charge in [-0.2, -0.15) is 5.26 Å². The van der Waals surface area contributed by atoms with Crippen LogP contribution in [0.15, 0.2) is 28.6 Å². The van der Waals surface area contributed by atoms with Gasteiger partial charge in [0.1, 0.15) is 6.10 Å². The van der Waals surface area contributed by atoms with Crippen LogP contribution >= 0.6 is 0 Å². The van der Waals surface area contributed by atoms with Gasteiger partial charge >= 0.3 is 0 Å². The van der Waals surface area contributed by atoms with Crippen LogP contribution in [0.25, 0.3) is 0 Å². The second-order valence-electron chi connectivity index (χ2n) is 3.65. The number of hydrogen-bond donors (Lipinski definition) is 0. The molecule has 3 heteroatoms. The smallest absolute Gasteiger partial charge is 0.212 e. The summed E-state index contributed by atoms with van der Waals surface area (Å²) in [4.78, 5) is 3.79. The van der Waals surface area contributed by atoms with Crippen LogP contribution in [0.1, 0.15) is 32.6 Å². The van der Waals surface area contributed by atoms with E-state index in [2.05, 4.69) is 11.7 Å². The molecule has 1 aliphatic rings. The van der Waals surface area contributed by atoms with Gasteiger partial charge in [0.05, 0.1) is 6.07 Å². The number of nitrogens with zero attached hydrogens (tertiary/aromatic N) is 2. The van der Waals surface area contributed by atoms with Crippen molar-refractivity contribution in [3.63, 3.8) is 0 Å². The third kappa shape index (κ3) is 3.99. The van der Waals surface area contributed by atoms with Crippen LogP contribution in [0.5, 0.6) is 0 Å². The Hall–Kier alpha value is -1.56. The van der Waals surface area contributed by atoms with Crippen LogP contribution in [0.3, 0.4) is 0 Å². The summed E-state index contributed by atoms with van der Waals surface area (Å²) in [6.07, 6.45) is 8.30. The predicted molar refractivity (Wildman–Crippen MR) is 60.3 cm³/mol. The lowest BCUT2D eigenvalue weighted by molar-refractivity contribution is 0.121. The molecule has 0 N–H and O–H groups in total. The average Bonchev–Trinajstić information content (AvgIpc) is 2.76. The lowest BCUT2D eigenvalue weighted by Crippen LogP contribution is -2.05. The molecule has 0 radical (unpaired) electrons. The highest BCUT2D eigenvalue weighted by Crippen LogP contribution is 2.23. The van der Waals surface area contributed by atoms with Crippen molar-refractivity contribution in [3.05, 3.63) is 23.6 Å². The van der Waals surface area contributed by atoms with Gasteiger partial charge in [-0.15, -0.1) is 0 Å². The SMILES string of the molecule is C=N/C(=C\C=C(/C)C#N)OC1CCCC1. The van der Waals surface area contributed by atoms with Crippen LogP contribution in [0, 0.1) is 11.3 Å². The average molecular weight is 204 g/mol. The fourth-order valence-corrected chi connectivity index (χ4v) is 1.54. The van der Waals surface area contributed by atoms with E-state index in [-0.39, 0.29) is 6.10 Å². The maximum atomic E-state index is 8.57. The van der Waals surface area contributed by atoms with Gasteiger partial charge in [-0.1, -0.05) is 0 Å². The van der Waals surface area contributed by atoms with E-state index in [9.17, 15) is 0 Å². The Morgan fingerprint density at radius 2 is 2.13 bits per heavy atom. The molecule has 1 fully saturated rings. The molecule has 0 amide bonds. The molecule has 0 bridgehead atoms. The Kier molecular flexibility index (Phi) is 4.62. The van der Waals surface area contributed by atoms with Gasteiger partial charge in [0.25, 0.3) is 0 Å². The molecular weight excluding hydrogens is 188 g/mol. The van der Waals surface area contributed by atoms with E-state index in [4.69, 9.17) is 10.00 Å². The normalized spacial score (nSPS) is 18.7. The Labute approximate surface area is 90.8 Å². The van der Waals surface area contributed by atoms with Crippen LogP contribution in [0.4, 0.5) is 0 Å². The summed E-state index contributed by atoms with van der Waals surface area (Å²) < 4.78 is 5.63. The molecule has 0 aromatic heterocycles. The van der Waals surface area contributed by atoms with Gasteiger partial charge in [-0.25, -0.2) is 4.99 Å². The Morgan fingerprint density at radius 3 is 2.67 bits per heavy atom. The fourth-order valence-electron chi connectivity index (χ4n) is 1.54. The van der Waals surface area contributed by atoms with Crippen LogP contribution in [-0.2, 0) is 4.74 Å². The molecule has 3 nitrogen and oxygen atoms in total. The number of nitriles is 1. The van der Waals surface area contributed by atoms with Gasteiger partial charge in [0.15, 0.2) is 0 Å². The number of aliphatic imine (C=N–C) groups is 1. The fraction of sp³-hybridized carbons (Fsp3) is 0.500. The van der Waals surface area contributed by atoms with Crippen molar-refractivity contribution in [2.75, 3.05) is 0 Å². The maximum absolute atomic E-state index is 8.57. The highest BCUT2D eigenvalue weighted by molar-refractivity contribution is 5.30. The number of rotatable bonds is 4. The minimum absolute atomic E-state index is 0.276. The van der Waals surface area contributed by atoms with Crippen molar-refractivity contribution >= 4 is 6.72 Å². The topological polar surface area (TPSA) is 45.4 Å². The monoisotopic (exact) mass is 204 g/mol. The first-order chi connectivity index (χ1) is 7.26. The predicted octanol–water partition coefficient (Wildman–Crippen LogP) is 2.96. The Bertz CT molecular complexity index is 317. The molecule has 15 heavy (non-hydrogen) atoms. The molecule has 0 spiro atoms. The highest BCUT2D eigenvalue weighted by Gasteiger charge is 2.16. The zero-order valence-corrected chi connectivity index (χ0v) is 9.07. The van der Waals surface area contributed by atoms with E-state index in [0.717, 1.165) is 12.8 Å². The highest BCUT2D eigenvalue weighted by atomic mass is 16.5. The van der Waals surface area contributed by atoms with E-state index < -0.39 is 0 Å². The second kappa shape index (κ2) is 6.02. The molecule has 1 rings (SSSR count). The zero-order chi connectivity index (χ0) is 11.1. The van der Waals surface area contributed by atoms with E-state index >= 15 is 0 Å². The van der Waals surface area contributed by atoms with Gasteiger partial charge in [0, 0.05) is 11.6 Å². The van der Waals surface area contributed by atoms with Crippen LogP contribution < -0.4 is 0 Å². The number of ether oxygens (including phenoxy) is 1. The summed E-state index contributed by atoms with van der Waals surface area (Å²) in [6.45, 7) is 5.19. The molecule has 0 aromatic carbocycles. The van der Waals surface area contributed by atoms with E-state index in [1.54, 1.807) is 19.1 Å². The van der Waals surface area contributed by atoms with E-state index in [0.29, 0.717) is 11.5 Å². The number of hydrogen-bond acceptors (Lipinski definition) is 3. The summed E-state index contributed by atoms with van der Waals surface area (Å²) in [5.74, 6) is 0.511. The number of allylic oxidation sites excluding steroid dienone is 3. The summed E-state index contributed by atoms with van der Waals surface area (Å²) >= 11 is 0. The van der Waals surface area contributed by atoms with Crippen molar-refractivity contribution < 1.29 is 4.74 Å². The molecule has 0 saturated heterocycles. The standard InChI is InChI=1S/C12H16N2O/c1-10(9-13)7-8-12(14-2)15-11-5-3-4-6-11/h7-8,11H,2-6H2,1H3/b10-7+,12-8+. The Morgan fingerprint density at radius 1 is 1.47 bits per heavy atom. The second-order valence-corrected chi connectivity index (χ2v) is 3.65. The third-order valence-corrected chi connectivity index (χ3v) is 2.40. The molecule has 0 unspecified atom stereocenters. The van der Waals surface area contributed by atoms with Gasteiger partial charge in [-0.05, 0) is 45.4 Å². The molecule has 0 aliphatic heterocycles. The van der Waals surface area contributed by atoms with Crippen molar-refractivity contribution in [3.8, 4) is 6.07 Å². The van der Waals surface area contributed by atoms with E-state index in [1.807, 2.05) is 6.07 Å². The van der Waals surface area contributed by atoms with Crippen molar-refractivity contribution in [2.24, 2.45) is 4.99 Å². The maximum Gasteiger partial charge on any atom is 0.212 e. The lowest BCUT2D eigenvalue weighted by Gasteiger charge is -2.11. The lowest BCUT2D eigenvalue weighted by atomic mass is 10.3. The van der Waals surface area contributed by atoms with Crippen molar-refractivity contribution in [2.45, 2.75) is 38.7 Å². The largest absolute Gasteiger partial charge is 0.474 e. The minimum Gasteiger partial charge on any atom is -0.474 e. The molecule has 80 valence electrons. The van der Waals surface area contributed by atoms with Gasteiger partial charge < -0.3 is 4.74 Å². The molecule has 1 saturated carbocycles. The zero-order valence-electron chi connectivity index (χ0n) is 9.07. The van der Waals surface area contributed by atoms with Crippen LogP contribution in [-0.4, -0.2) is 12.8 Å². The first-order valence-corrected chi connectivity index (χ1v) is 5.18. The van der Waals surface area contributed by atoms with Crippen molar-refractivity contribution in [1.82, 2.24) is 0 Å². The first-order valence-electron chi connectivity index (χ1n) is 5.18. The summed E-state index contributed by atoms with van der Waals surface area (Å²) in [5.41, 5.74) is 0.631. The third-order valence-electron chi connectivity index (χ3n) is 2.40. The van der Waals surface area contributed by atoms with Gasteiger partial charge in [-0.3, -0.25) is 0 Å². The summed E-state index contributed by atoms with van der Waals surface area (Å²) in [7, 11) is 0. The first kappa shape index (κ1) is 11.5. The van der Waals surface area contributed by atoms with Crippen molar-refractivity contribution in [1.29, 1.82) is 5.26 Å². The van der Waals surface area contributed by atoms with Gasteiger partial charge in [0.2, 0.25) is 5.88 Å². The minimum atomic E-state index is 0.276. The molecule has 0 aromatic rings. The summed E-state index contributed by atoms with van der Waals surface area (Å²) in [5, 5.41) is 8.57.